The maximum absolute atomic E-state index is 12.0. The topological polar surface area (TPSA) is 91.0 Å². The van der Waals surface area contributed by atoms with E-state index in [0.29, 0.717) is 11.3 Å². The van der Waals surface area contributed by atoms with E-state index in [1.54, 1.807) is 19.3 Å². The average molecular weight is 385 g/mol. The van der Waals surface area contributed by atoms with Gasteiger partial charge in [0.2, 0.25) is 5.90 Å². The van der Waals surface area contributed by atoms with Gasteiger partial charge >= 0.3 is 5.97 Å². The van der Waals surface area contributed by atoms with E-state index in [2.05, 4.69) is 4.99 Å². The van der Waals surface area contributed by atoms with Crippen LogP contribution in [0.25, 0.3) is 6.08 Å². The fraction of sp³-hybridized carbons (Fsp3) is 0.0526. The summed E-state index contributed by atoms with van der Waals surface area (Å²) in [5.41, 5.74) is 1.06. The number of hydrogen-bond donors (Lipinski definition) is 0. The molecule has 2 aromatic carbocycles. The second-order valence-electron chi connectivity index (χ2n) is 5.38. The van der Waals surface area contributed by atoms with E-state index in [1.165, 1.54) is 24.3 Å². The van der Waals surface area contributed by atoms with Crippen LogP contribution < -0.4 is 4.74 Å². The number of aliphatic imine (C=N–C) groups is 1. The normalized spacial score (nSPS) is 15.1. The summed E-state index contributed by atoms with van der Waals surface area (Å²) in [5.74, 6) is 0.0592. The van der Waals surface area contributed by atoms with Crippen molar-refractivity contribution < 1.29 is 19.2 Å². The quantitative estimate of drug-likeness (QED) is 0.334. The summed E-state index contributed by atoms with van der Waals surface area (Å²) in [6, 6.07) is 11.2. The highest BCUT2D eigenvalue weighted by molar-refractivity contribution is 6.34. The van der Waals surface area contributed by atoms with Gasteiger partial charge in [0, 0.05) is 17.7 Å². The number of rotatable bonds is 5. The first-order valence-electron chi connectivity index (χ1n) is 7.76. The van der Waals surface area contributed by atoms with Gasteiger partial charge in [-0.05, 0) is 18.2 Å². The molecule has 0 N–H and O–H groups in total. The van der Waals surface area contributed by atoms with Gasteiger partial charge in [0.25, 0.3) is 5.69 Å². The number of methoxy groups -OCH3 is 1. The number of carbonyl (C=O) groups is 1. The van der Waals surface area contributed by atoms with E-state index in [9.17, 15) is 14.9 Å². The maximum atomic E-state index is 12.0. The molecule has 27 heavy (non-hydrogen) atoms. The fourth-order valence-electron chi connectivity index (χ4n) is 2.38. The molecule has 3 rings (SSSR count). The van der Waals surface area contributed by atoms with E-state index < -0.39 is 10.9 Å². The lowest BCUT2D eigenvalue weighted by molar-refractivity contribution is -0.384. The number of non-ortho nitro benzene ring substituents is 1. The van der Waals surface area contributed by atoms with Crippen LogP contribution in [-0.4, -0.2) is 23.9 Å². The molecular formula is C19H13ClN2O5. The third-order valence-electron chi connectivity index (χ3n) is 3.68. The molecule has 0 unspecified atom stereocenters. The lowest BCUT2D eigenvalue weighted by Crippen LogP contribution is -2.06. The standard InChI is InChI=1S/C19H13ClN2O5/c1-26-17-8-3-2-5-12(17)6-4-7-16-19(23)27-18(21-16)14-10-9-13(22(24)25)11-15(14)20/h2-11H,1H3/b6-4+,16-7-. The summed E-state index contributed by atoms with van der Waals surface area (Å²) in [6.45, 7) is 0. The number of halogens is 1. The Hall–Kier alpha value is -3.45. The van der Waals surface area contributed by atoms with Crippen LogP contribution in [0.5, 0.6) is 5.75 Å². The minimum absolute atomic E-state index is 0.00293. The highest BCUT2D eigenvalue weighted by atomic mass is 35.5. The van der Waals surface area contributed by atoms with Crippen molar-refractivity contribution in [2.45, 2.75) is 0 Å². The second-order valence-corrected chi connectivity index (χ2v) is 5.79. The summed E-state index contributed by atoms with van der Waals surface area (Å²) in [4.78, 5) is 26.3. The van der Waals surface area contributed by atoms with Gasteiger partial charge in [-0.25, -0.2) is 9.79 Å². The zero-order chi connectivity index (χ0) is 19.4. The number of hydrogen-bond acceptors (Lipinski definition) is 6. The molecule has 0 spiro atoms. The molecule has 0 bridgehead atoms. The second kappa shape index (κ2) is 7.84. The molecule has 0 fully saturated rings. The van der Waals surface area contributed by atoms with Gasteiger partial charge in [-0.3, -0.25) is 10.1 Å². The fourth-order valence-corrected chi connectivity index (χ4v) is 2.63. The molecule has 136 valence electrons. The summed E-state index contributed by atoms with van der Waals surface area (Å²) < 4.78 is 10.4. The molecule has 0 aromatic heterocycles. The van der Waals surface area contributed by atoms with Crippen LogP contribution in [0, 0.1) is 10.1 Å². The minimum Gasteiger partial charge on any atom is -0.496 e. The minimum atomic E-state index is -0.635. The Labute approximate surface area is 159 Å². The predicted molar refractivity (Wildman–Crippen MR) is 101 cm³/mol. The van der Waals surface area contributed by atoms with Crippen molar-refractivity contribution in [3.05, 3.63) is 86.6 Å². The number of allylic oxidation sites excluding steroid dienone is 2. The summed E-state index contributed by atoms with van der Waals surface area (Å²) in [5, 5.41) is 10.8. The maximum Gasteiger partial charge on any atom is 0.363 e. The first-order valence-corrected chi connectivity index (χ1v) is 8.14. The van der Waals surface area contributed by atoms with Crippen molar-refractivity contribution >= 4 is 35.2 Å². The van der Waals surface area contributed by atoms with Gasteiger partial charge in [-0.15, -0.1) is 0 Å². The van der Waals surface area contributed by atoms with Crippen LogP contribution in [0.4, 0.5) is 5.69 Å². The van der Waals surface area contributed by atoms with Crippen LogP contribution in [0.15, 0.2) is 65.3 Å². The van der Waals surface area contributed by atoms with E-state index in [4.69, 9.17) is 21.1 Å². The number of nitro benzene ring substituents is 1. The van der Waals surface area contributed by atoms with Crippen molar-refractivity contribution in [3.63, 3.8) is 0 Å². The smallest absolute Gasteiger partial charge is 0.363 e. The Kier molecular flexibility index (Phi) is 5.33. The molecule has 0 saturated carbocycles. The van der Waals surface area contributed by atoms with Crippen molar-refractivity contribution in [1.82, 2.24) is 0 Å². The van der Waals surface area contributed by atoms with Gasteiger partial charge in [0.1, 0.15) is 5.75 Å². The lowest BCUT2D eigenvalue weighted by atomic mass is 10.2. The highest BCUT2D eigenvalue weighted by Crippen LogP contribution is 2.26. The number of cyclic esters (lactones) is 1. The molecule has 0 aliphatic carbocycles. The number of carbonyl (C=O) groups excluding carboxylic acids is 1. The van der Waals surface area contributed by atoms with E-state index in [1.807, 2.05) is 24.3 Å². The molecule has 1 aliphatic heterocycles. The van der Waals surface area contributed by atoms with E-state index in [-0.39, 0.29) is 22.3 Å². The molecule has 2 aromatic rings. The van der Waals surface area contributed by atoms with Crippen LogP contribution in [0.2, 0.25) is 5.02 Å². The van der Waals surface area contributed by atoms with Crippen LogP contribution >= 0.6 is 11.6 Å². The third kappa shape index (κ3) is 4.04. The van der Waals surface area contributed by atoms with Crippen molar-refractivity contribution in [2.75, 3.05) is 7.11 Å². The van der Waals surface area contributed by atoms with E-state index >= 15 is 0 Å². The third-order valence-corrected chi connectivity index (χ3v) is 4.00. The largest absolute Gasteiger partial charge is 0.496 e. The molecule has 0 radical (unpaired) electrons. The van der Waals surface area contributed by atoms with Crippen LogP contribution in [0.3, 0.4) is 0 Å². The van der Waals surface area contributed by atoms with Crippen LogP contribution in [0.1, 0.15) is 11.1 Å². The number of ether oxygens (including phenoxy) is 2. The van der Waals surface area contributed by atoms with E-state index in [0.717, 1.165) is 5.56 Å². The molecule has 0 saturated heterocycles. The van der Waals surface area contributed by atoms with Gasteiger partial charge in [0.05, 0.1) is 22.6 Å². The first kappa shape index (κ1) is 18.3. The Morgan fingerprint density at radius 1 is 1.26 bits per heavy atom. The SMILES string of the molecule is COc1ccccc1/C=C/C=C1\N=C(c2ccc([N+](=O)[O-])cc2Cl)OC1=O. The Morgan fingerprint density at radius 2 is 2.04 bits per heavy atom. The Morgan fingerprint density at radius 3 is 2.74 bits per heavy atom. The summed E-state index contributed by atoms with van der Waals surface area (Å²) in [6.07, 6.45) is 4.92. The van der Waals surface area contributed by atoms with Crippen molar-refractivity contribution in [1.29, 1.82) is 0 Å². The summed E-state index contributed by atoms with van der Waals surface area (Å²) >= 11 is 6.04. The summed E-state index contributed by atoms with van der Waals surface area (Å²) in [7, 11) is 1.57. The Bertz CT molecular complexity index is 1010. The molecule has 8 heteroatoms. The monoisotopic (exact) mass is 384 g/mol. The molecule has 1 heterocycles. The van der Waals surface area contributed by atoms with Gasteiger partial charge in [0.15, 0.2) is 5.70 Å². The molecule has 0 amide bonds. The van der Waals surface area contributed by atoms with Gasteiger partial charge < -0.3 is 9.47 Å². The number of nitrogens with zero attached hydrogens (tertiary/aromatic N) is 2. The van der Waals surface area contributed by atoms with Gasteiger partial charge in [-0.1, -0.05) is 42.0 Å². The predicted octanol–water partition coefficient (Wildman–Crippen LogP) is 4.16. The number of benzene rings is 2. The van der Waals surface area contributed by atoms with Crippen LogP contribution in [-0.2, 0) is 9.53 Å². The molecular weight excluding hydrogens is 372 g/mol. The van der Waals surface area contributed by atoms with Crippen molar-refractivity contribution in [2.24, 2.45) is 4.99 Å². The zero-order valence-corrected chi connectivity index (χ0v) is 14.8. The van der Waals surface area contributed by atoms with Crippen molar-refractivity contribution in [3.8, 4) is 5.75 Å². The number of nitro groups is 1. The Balaban J connectivity index is 1.85. The first-order chi connectivity index (χ1) is 13.0. The highest BCUT2D eigenvalue weighted by Gasteiger charge is 2.26. The molecule has 7 nitrogen and oxygen atoms in total. The lowest BCUT2D eigenvalue weighted by Gasteiger charge is -2.02. The molecule has 0 atom stereocenters. The zero-order valence-electron chi connectivity index (χ0n) is 14.1. The number of para-hydroxylation sites is 1. The number of esters is 1. The molecule has 1 aliphatic rings. The average Bonchev–Trinajstić information content (AvgIpc) is 3.02. The van der Waals surface area contributed by atoms with Gasteiger partial charge in [-0.2, -0.15) is 0 Å².